The Morgan fingerprint density at radius 3 is 2.57 bits per heavy atom. The van der Waals surface area contributed by atoms with E-state index in [9.17, 15) is 9.90 Å². The SMILES string of the molecule is CCC1(N2C(C[O])=CC=Cc3ccccc32)C(=O)CCc2c1ccc1c2C(C)(C)Cc2cc(N)ccc2-1. The number of hydrogen-bond acceptors (Lipinski definition) is 3. The van der Waals surface area contributed by atoms with Crippen molar-refractivity contribution in [2.45, 2.75) is 57.4 Å². The van der Waals surface area contributed by atoms with E-state index < -0.39 is 12.1 Å². The number of ketones is 1. The second kappa shape index (κ2) is 8.46. The molecule has 0 saturated carbocycles. The van der Waals surface area contributed by atoms with Gasteiger partial charge in [-0.2, -0.15) is 0 Å². The maximum absolute atomic E-state index is 14.2. The van der Waals surface area contributed by atoms with Crippen molar-refractivity contribution in [1.29, 1.82) is 0 Å². The summed E-state index contributed by atoms with van der Waals surface area (Å²) in [6.45, 7) is 6.29. The Labute approximate surface area is 219 Å². The van der Waals surface area contributed by atoms with Gasteiger partial charge in [0, 0.05) is 23.5 Å². The zero-order valence-electron chi connectivity index (χ0n) is 21.8. The third kappa shape index (κ3) is 3.35. The zero-order chi connectivity index (χ0) is 25.9. The third-order valence-electron chi connectivity index (χ3n) is 8.62. The summed E-state index contributed by atoms with van der Waals surface area (Å²) in [5, 5.41) is 12.6. The van der Waals surface area contributed by atoms with Gasteiger partial charge in [-0.1, -0.05) is 69.3 Å². The summed E-state index contributed by atoms with van der Waals surface area (Å²) in [5.41, 5.74) is 15.8. The van der Waals surface area contributed by atoms with E-state index in [1.165, 1.54) is 27.8 Å². The van der Waals surface area contributed by atoms with E-state index in [1.807, 2.05) is 42.5 Å². The largest absolute Gasteiger partial charge is 0.399 e. The topological polar surface area (TPSA) is 66.2 Å². The highest BCUT2D eigenvalue weighted by molar-refractivity contribution is 5.98. The third-order valence-corrected chi connectivity index (χ3v) is 8.62. The van der Waals surface area contributed by atoms with E-state index >= 15 is 0 Å². The molecule has 1 aliphatic heterocycles. The van der Waals surface area contributed by atoms with Gasteiger partial charge in [-0.05, 0) is 87.9 Å². The molecule has 2 N–H and O–H groups in total. The average Bonchev–Trinajstić information content (AvgIpc) is 3.07. The quantitative estimate of drug-likeness (QED) is 0.415. The molecule has 0 spiro atoms. The highest BCUT2D eigenvalue weighted by Crippen LogP contribution is 2.52. The van der Waals surface area contributed by atoms with Crippen molar-refractivity contribution in [2.75, 3.05) is 17.2 Å². The van der Waals surface area contributed by atoms with Crippen LogP contribution in [0.1, 0.15) is 61.4 Å². The number of nitrogen functional groups attached to an aromatic ring is 1. The number of anilines is 2. The smallest absolute Gasteiger partial charge is 0.163 e. The summed E-state index contributed by atoms with van der Waals surface area (Å²) in [7, 11) is 0. The lowest BCUT2D eigenvalue weighted by Crippen LogP contribution is -2.55. The molecule has 37 heavy (non-hydrogen) atoms. The van der Waals surface area contributed by atoms with E-state index in [2.05, 4.69) is 56.0 Å². The number of Topliss-reactive ketones (excluding diaryl/α,β-unsaturated/α-hetero) is 1. The van der Waals surface area contributed by atoms with Crippen LogP contribution in [-0.4, -0.2) is 12.4 Å². The van der Waals surface area contributed by atoms with Crippen LogP contribution in [0.2, 0.25) is 0 Å². The Bertz CT molecular complexity index is 1500. The van der Waals surface area contributed by atoms with Crippen LogP contribution in [0.25, 0.3) is 17.2 Å². The summed E-state index contributed by atoms with van der Waals surface area (Å²) < 4.78 is 0. The predicted octanol–water partition coefficient (Wildman–Crippen LogP) is 6.74. The summed E-state index contributed by atoms with van der Waals surface area (Å²) in [4.78, 5) is 16.2. The number of carbonyl (C=O) groups excluding carboxylic acids is 1. The molecule has 0 fully saturated rings. The Kier molecular flexibility index (Phi) is 5.43. The minimum atomic E-state index is -0.932. The highest BCUT2D eigenvalue weighted by atomic mass is 16.3. The van der Waals surface area contributed by atoms with Crippen molar-refractivity contribution in [2.24, 2.45) is 0 Å². The van der Waals surface area contributed by atoms with Crippen LogP contribution < -0.4 is 10.6 Å². The minimum absolute atomic E-state index is 0.114. The highest BCUT2D eigenvalue weighted by Gasteiger charge is 2.51. The van der Waals surface area contributed by atoms with Gasteiger partial charge in [0.05, 0.1) is 0 Å². The fourth-order valence-corrected chi connectivity index (χ4v) is 7.15. The van der Waals surface area contributed by atoms with Gasteiger partial charge < -0.3 is 10.6 Å². The molecule has 1 atom stereocenters. The first kappa shape index (κ1) is 23.7. The van der Waals surface area contributed by atoms with E-state index in [1.54, 1.807) is 0 Å². The Morgan fingerprint density at radius 2 is 1.78 bits per heavy atom. The Balaban J connectivity index is 1.65. The van der Waals surface area contributed by atoms with Crippen molar-refractivity contribution in [3.05, 3.63) is 100 Å². The molecule has 1 unspecified atom stereocenters. The number of fused-ring (bicyclic) bond motifs is 6. The maximum atomic E-state index is 14.2. The number of rotatable bonds is 3. The Hall–Kier alpha value is -3.63. The standard InChI is InChI=1S/C33H33N2O2/c1-4-33(35-24(20-36)10-7-9-21-8-5-6-11-29(21)35)28-16-14-26-25-13-12-23(34)18-22(25)19-32(2,3)31(26)27(28)15-17-30(33)37/h5-14,16,18H,4,15,17,19-20,34H2,1-3H3. The molecule has 3 aromatic carbocycles. The molecule has 4 nitrogen and oxygen atoms in total. The summed E-state index contributed by atoms with van der Waals surface area (Å²) in [6.07, 6.45) is 8.50. The van der Waals surface area contributed by atoms with Crippen LogP contribution in [0.3, 0.4) is 0 Å². The van der Waals surface area contributed by atoms with E-state index in [-0.39, 0.29) is 11.2 Å². The first-order valence-corrected chi connectivity index (χ1v) is 13.3. The molecule has 187 valence electrons. The average molecular weight is 490 g/mol. The molecule has 0 saturated heterocycles. The van der Waals surface area contributed by atoms with Gasteiger partial charge in [-0.3, -0.25) is 4.79 Å². The fraction of sp³-hybridized carbons (Fsp3) is 0.303. The molecule has 3 aliphatic rings. The molecular formula is C33H33N2O2. The molecule has 0 aromatic heterocycles. The predicted molar refractivity (Wildman–Crippen MR) is 150 cm³/mol. The second-order valence-corrected chi connectivity index (χ2v) is 11.2. The number of para-hydroxylation sites is 1. The van der Waals surface area contributed by atoms with Gasteiger partial charge in [0.25, 0.3) is 0 Å². The van der Waals surface area contributed by atoms with E-state index in [4.69, 9.17) is 5.73 Å². The molecular weight excluding hydrogens is 456 g/mol. The molecule has 0 bridgehead atoms. The summed E-state index contributed by atoms with van der Waals surface area (Å²) in [5.74, 6) is 0.181. The van der Waals surface area contributed by atoms with Gasteiger partial charge in [0.2, 0.25) is 0 Å². The van der Waals surface area contributed by atoms with Crippen molar-refractivity contribution in [3.8, 4) is 11.1 Å². The zero-order valence-corrected chi connectivity index (χ0v) is 21.8. The van der Waals surface area contributed by atoms with Gasteiger partial charge in [-0.15, -0.1) is 0 Å². The van der Waals surface area contributed by atoms with Crippen molar-refractivity contribution in [3.63, 3.8) is 0 Å². The number of allylic oxidation sites excluding steroid dienone is 2. The van der Waals surface area contributed by atoms with E-state index in [0.717, 1.165) is 35.3 Å². The number of nitrogens with two attached hydrogens (primary N) is 1. The van der Waals surface area contributed by atoms with Crippen molar-refractivity contribution < 1.29 is 9.90 Å². The molecule has 3 aromatic rings. The van der Waals surface area contributed by atoms with Crippen LogP contribution in [-0.2, 0) is 33.7 Å². The molecule has 1 radical (unpaired) electrons. The van der Waals surface area contributed by atoms with Gasteiger partial charge in [0.15, 0.2) is 5.78 Å². The van der Waals surface area contributed by atoms with Gasteiger partial charge in [0.1, 0.15) is 12.1 Å². The lowest BCUT2D eigenvalue weighted by atomic mass is 9.63. The van der Waals surface area contributed by atoms with Gasteiger partial charge >= 0.3 is 0 Å². The van der Waals surface area contributed by atoms with Crippen LogP contribution in [0, 0.1) is 0 Å². The normalized spacial score (nSPS) is 21.4. The number of benzene rings is 3. The molecule has 4 heteroatoms. The fourth-order valence-electron chi connectivity index (χ4n) is 7.15. The van der Waals surface area contributed by atoms with Crippen LogP contribution >= 0.6 is 0 Å². The molecule has 2 aliphatic carbocycles. The number of hydrogen-bond donors (Lipinski definition) is 1. The minimum Gasteiger partial charge on any atom is -0.399 e. The summed E-state index contributed by atoms with van der Waals surface area (Å²) in [6, 6.07) is 18.7. The van der Waals surface area contributed by atoms with E-state index in [0.29, 0.717) is 18.5 Å². The first-order chi connectivity index (χ1) is 17.8. The lowest BCUT2D eigenvalue weighted by Gasteiger charge is -2.49. The maximum Gasteiger partial charge on any atom is 0.163 e. The molecule has 0 amide bonds. The first-order valence-electron chi connectivity index (χ1n) is 13.3. The molecule has 1 heterocycles. The summed E-state index contributed by atoms with van der Waals surface area (Å²) >= 11 is 0. The monoisotopic (exact) mass is 489 g/mol. The number of carbonyl (C=O) groups is 1. The van der Waals surface area contributed by atoms with Crippen LogP contribution in [0.4, 0.5) is 11.4 Å². The number of nitrogens with zero attached hydrogens (tertiary/aromatic N) is 1. The molecule has 6 rings (SSSR count). The van der Waals surface area contributed by atoms with Crippen LogP contribution in [0.15, 0.2) is 72.4 Å². The lowest BCUT2D eigenvalue weighted by molar-refractivity contribution is -0.125. The Morgan fingerprint density at radius 1 is 1.00 bits per heavy atom. The van der Waals surface area contributed by atoms with Gasteiger partial charge in [-0.25, -0.2) is 5.11 Å². The second-order valence-electron chi connectivity index (χ2n) is 11.2. The van der Waals surface area contributed by atoms with Crippen molar-refractivity contribution in [1.82, 2.24) is 0 Å². The van der Waals surface area contributed by atoms with Crippen LogP contribution in [0.5, 0.6) is 0 Å². The van der Waals surface area contributed by atoms with Crippen molar-refractivity contribution >= 4 is 23.2 Å².